The third-order valence-corrected chi connectivity index (χ3v) is 1.76. The van der Waals surface area contributed by atoms with Crippen molar-refractivity contribution in [1.82, 2.24) is 19.5 Å². The van der Waals surface area contributed by atoms with Gasteiger partial charge in [-0.05, 0) is 0 Å². The molecule has 0 fully saturated rings. The number of imidazole rings is 1. The van der Waals surface area contributed by atoms with Crippen molar-refractivity contribution in [2.75, 3.05) is 5.73 Å². The number of hydrogen-bond acceptors (Lipinski definition) is 5. The maximum absolute atomic E-state index is 11.3. The Morgan fingerprint density at radius 1 is 1.64 bits per heavy atom. The zero-order valence-electron chi connectivity index (χ0n) is 7.31. The van der Waals surface area contributed by atoms with Gasteiger partial charge < -0.3 is 5.73 Å². The Morgan fingerprint density at radius 3 is 3.00 bits per heavy atom. The molecule has 0 aromatic carbocycles. The molecule has 0 bridgehead atoms. The third kappa shape index (κ3) is 1.06. The van der Waals surface area contributed by atoms with E-state index in [9.17, 15) is 9.59 Å². The highest BCUT2D eigenvalue weighted by molar-refractivity contribution is 5.86. The molecule has 2 aromatic rings. The molecule has 0 radical (unpaired) electrons. The average Bonchev–Trinajstić information content (AvgIpc) is 2.47. The number of nitrogen functional groups attached to an aromatic ring is 1. The van der Waals surface area contributed by atoms with Crippen LogP contribution in [0.4, 0.5) is 5.95 Å². The highest BCUT2D eigenvalue weighted by atomic mass is 16.2. The van der Waals surface area contributed by atoms with Gasteiger partial charge in [0.05, 0.1) is 0 Å². The van der Waals surface area contributed by atoms with Crippen LogP contribution in [0.5, 0.6) is 0 Å². The topological polar surface area (TPSA) is 107 Å². The maximum atomic E-state index is 11.3. The first kappa shape index (κ1) is 8.42. The van der Waals surface area contributed by atoms with Gasteiger partial charge in [0.25, 0.3) is 5.56 Å². The van der Waals surface area contributed by atoms with Gasteiger partial charge in [0, 0.05) is 6.92 Å². The minimum atomic E-state index is -0.451. The number of nitrogens with one attached hydrogen (secondary N) is 1. The van der Waals surface area contributed by atoms with E-state index < -0.39 is 5.56 Å². The second-order valence-electron chi connectivity index (χ2n) is 2.76. The fourth-order valence-electron chi connectivity index (χ4n) is 1.16. The van der Waals surface area contributed by atoms with Gasteiger partial charge in [0.1, 0.15) is 6.33 Å². The zero-order chi connectivity index (χ0) is 10.3. The summed E-state index contributed by atoms with van der Waals surface area (Å²) in [5, 5.41) is 0. The van der Waals surface area contributed by atoms with Crippen molar-refractivity contribution in [2.24, 2.45) is 0 Å². The Hall–Kier alpha value is -2.18. The van der Waals surface area contributed by atoms with Crippen LogP contribution in [0.15, 0.2) is 11.1 Å². The van der Waals surface area contributed by atoms with Gasteiger partial charge in [-0.15, -0.1) is 0 Å². The van der Waals surface area contributed by atoms with Crippen molar-refractivity contribution in [1.29, 1.82) is 0 Å². The van der Waals surface area contributed by atoms with Gasteiger partial charge in [-0.2, -0.15) is 4.98 Å². The molecule has 72 valence electrons. The normalized spacial score (nSPS) is 10.6. The lowest BCUT2D eigenvalue weighted by Crippen LogP contribution is -2.13. The number of anilines is 1. The summed E-state index contributed by atoms with van der Waals surface area (Å²) in [6, 6.07) is 0. The first-order valence-electron chi connectivity index (χ1n) is 3.83. The summed E-state index contributed by atoms with van der Waals surface area (Å²) in [6.45, 7) is 1.35. The SMILES string of the molecule is CC(=O)n1cnc2c(=O)[nH]c(N)nc21. The molecule has 0 saturated heterocycles. The van der Waals surface area contributed by atoms with E-state index in [0.29, 0.717) is 0 Å². The summed E-state index contributed by atoms with van der Waals surface area (Å²) in [7, 11) is 0. The molecule has 2 heterocycles. The number of aromatic nitrogens is 4. The minimum Gasteiger partial charge on any atom is -0.369 e. The molecule has 3 N–H and O–H groups in total. The van der Waals surface area contributed by atoms with Gasteiger partial charge in [-0.3, -0.25) is 19.1 Å². The number of hydrogen-bond donors (Lipinski definition) is 2. The molecular formula is C7H7N5O2. The number of aromatic amines is 1. The minimum absolute atomic E-state index is 0.0366. The third-order valence-electron chi connectivity index (χ3n) is 1.76. The van der Waals surface area contributed by atoms with Crippen molar-refractivity contribution in [3.8, 4) is 0 Å². The van der Waals surface area contributed by atoms with Crippen LogP contribution in [-0.2, 0) is 0 Å². The Labute approximate surface area is 77.6 Å². The van der Waals surface area contributed by atoms with Crippen molar-refractivity contribution < 1.29 is 4.79 Å². The fourth-order valence-corrected chi connectivity index (χ4v) is 1.16. The lowest BCUT2D eigenvalue weighted by Gasteiger charge is -1.96. The van der Waals surface area contributed by atoms with E-state index in [1.165, 1.54) is 17.8 Å². The van der Waals surface area contributed by atoms with E-state index >= 15 is 0 Å². The predicted octanol–water partition coefficient (Wildman–Crippen LogP) is -0.638. The summed E-state index contributed by atoms with van der Waals surface area (Å²) in [4.78, 5) is 32.2. The second kappa shape index (κ2) is 2.66. The molecule has 0 aliphatic heterocycles. The van der Waals surface area contributed by atoms with Crippen LogP contribution in [-0.4, -0.2) is 25.4 Å². The quantitative estimate of drug-likeness (QED) is 0.578. The molecule has 0 aliphatic carbocycles. The molecule has 14 heavy (non-hydrogen) atoms. The first-order valence-corrected chi connectivity index (χ1v) is 3.83. The predicted molar refractivity (Wildman–Crippen MR) is 48.9 cm³/mol. The van der Waals surface area contributed by atoms with Crippen LogP contribution in [0.2, 0.25) is 0 Å². The van der Waals surface area contributed by atoms with Crippen LogP contribution in [0, 0.1) is 0 Å². The number of fused-ring (bicyclic) bond motifs is 1. The lowest BCUT2D eigenvalue weighted by atomic mass is 10.5. The molecule has 0 saturated carbocycles. The lowest BCUT2D eigenvalue weighted by molar-refractivity contribution is 0.0940. The standard InChI is InChI=1S/C7H7N5O2/c1-3(13)12-2-9-4-5(12)10-7(8)11-6(4)14/h2H,1H3,(H3,8,10,11,14). The van der Waals surface area contributed by atoms with Crippen LogP contribution in [0.3, 0.4) is 0 Å². The Balaban J connectivity index is 2.92. The average molecular weight is 193 g/mol. The highest BCUT2D eigenvalue weighted by Crippen LogP contribution is 2.05. The first-order chi connectivity index (χ1) is 6.59. The van der Waals surface area contributed by atoms with Gasteiger partial charge in [-0.25, -0.2) is 4.98 Å². The number of nitrogens with zero attached hydrogens (tertiary/aromatic N) is 3. The van der Waals surface area contributed by atoms with E-state index in [0.717, 1.165) is 0 Å². The molecule has 0 amide bonds. The van der Waals surface area contributed by atoms with Crippen LogP contribution < -0.4 is 11.3 Å². The van der Waals surface area contributed by atoms with E-state index in [1.54, 1.807) is 0 Å². The molecule has 2 rings (SSSR count). The number of carbonyl (C=O) groups excluding carboxylic acids is 1. The second-order valence-corrected chi connectivity index (χ2v) is 2.76. The van der Waals surface area contributed by atoms with E-state index in [4.69, 9.17) is 5.73 Å². The molecule has 0 spiro atoms. The Morgan fingerprint density at radius 2 is 2.36 bits per heavy atom. The van der Waals surface area contributed by atoms with Crippen LogP contribution in [0.1, 0.15) is 11.7 Å². The van der Waals surface area contributed by atoms with Gasteiger partial charge in [0.15, 0.2) is 11.2 Å². The van der Waals surface area contributed by atoms with Crippen molar-refractivity contribution in [3.05, 3.63) is 16.7 Å². The maximum Gasteiger partial charge on any atom is 0.280 e. The number of H-pyrrole nitrogens is 1. The smallest absolute Gasteiger partial charge is 0.280 e. The van der Waals surface area contributed by atoms with Gasteiger partial charge in [-0.1, -0.05) is 0 Å². The zero-order valence-corrected chi connectivity index (χ0v) is 7.31. The summed E-state index contributed by atoms with van der Waals surface area (Å²) in [5.74, 6) is -0.310. The van der Waals surface area contributed by atoms with Crippen LogP contribution >= 0.6 is 0 Å². The van der Waals surface area contributed by atoms with Gasteiger partial charge >= 0.3 is 0 Å². The van der Waals surface area contributed by atoms with Gasteiger partial charge in [0.2, 0.25) is 11.9 Å². The largest absolute Gasteiger partial charge is 0.369 e. The van der Waals surface area contributed by atoms with Crippen molar-refractivity contribution >= 4 is 23.0 Å². The summed E-state index contributed by atoms with van der Waals surface area (Å²) in [5.41, 5.74) is 5.17. The molecule has 0 aliphatic rings. The Kier molecular flexibility index (Phi) is 1.60. The summed E-state index contributed by atoms with van der Waals surface area (Å²) < 4.78 is 1.17. The number of carbonyl (C=O) groups is 1. The summed E-state index contributed by atoms with van der Waals surface area (Å²) in [6.07, 6.45) is 1.24. The van der Waals surface area contributed by atoms with Crippen LogP contribution in [0.25, 0.3) is 11.2 Å². The van der Waals surface area contributed by atoms with Crippen molar-refractivity contribution in [3.63, 3.8) is 0 Å². The molecule has 7 nitrogen and oxygen atoms in total. The fraction of sp³-hybridized carbons (Fsp3) is 0.143. The Bertz CT molecular complexity index is 567. The molecular weight excluding hydrogens is 186 g/mol. The number of rotatable bonds is 0. The summed E-state index contributed by atoms with van der Waals surface area (Å²) >= 11 is 0. The number of nitrogens with two attached hydrogens (primary N) is 1. The van der Waals surface area contributed by atoms with E-state index in [1.807, 2.05) is 0 Å². The molecule has 0 atom stereocenters. The molecule has 0 unspecified atom stereocenters. The molecule has 2 aromatic heterocycles. The highest BCUT2D eigenvalue weighted by Gasteiger charge is 2.10. The van der Waals surface area contributed by atoms with Crippen molar-refractivity contribution in [2.45, 2.75) is 6.92 Å². The monoisotopic (exact) mass is 193 g/mol. The van der Waals surface area contributed by atoms with E-state index in [2.05, 4.69) is 15.0 Å². The molecule has 7 heteroatoms. The van der Waals surface area contributed by atoms with E-state index in [-0.39, 0.29) is 23.0 Å².